The number of carbonyl (C=O) groups excluding carboxylic acids is 1. The molecule has 2 heterocycles. The molecule has 3 rings (SSSR count). The highest BCUT2D eigenvalue weighted by Crippen LogP contribution is 2.36. The molecule has 0 bridgehead atoms. The minimum Gasteiger partial charge on any atom is -0.359 e. The van der Waals surface area contributed by atoms with E-state index >= 15 is 0 Å². The number of carbonyl (C=O) groups is 1. The number of fused-ring (bicyclic) bond motifs is 1. The second kappa shape index (κ2) is 4.54. The van der Waals surface area contributed by atoms with E-state index in [9.17, 15) is 4.79 Å². The van der Waals surface area contributed by atoms with Crippen molar-refractivity contribution in [1.82, 2.24) is 15.1 Å². The molecule has 0 unspecified atom stereocenters. The Balaban J connectivity index is 1.99. The Morgan fingerprint density at radius 2 is 2.00 bits per heavy atom. The lowest BCUT2D eigenvalue weighted by Crippen LogP contribution is -2.58. The number of amides is 1. The van der Waals surface area contributed by atoms with Gasteiger partial charge in [-0.2, -0.15) is 5.10 Å². The van der Waals surface area contributed by atoms with Crippen molar-refractivity contribution >= 4 is 11.6 Å². The smallest absolute Gasteiger partial charge is 0.273 e. The molecule has 0 saturated heterocycles. The van der Waals surface area contributed by atoms with Gasteiger partial charge >= 0.3 is 0 Å². The maximum absolute atomic E-state index is 12.4. The molecule has 1 aliphatic heterocycles. The first kappa shape index (κ1) is 12.5. The number of nitrogens with one attached hydrogen (secondary N) is 2. The molecule has 1 saturated carbocycles. The second-order valence-corrected chi connectivity index (χ2v) is 5.77. The number of hydrogen-bond donors (Lipinski definition) is 2. The lowest BCUT2D eigenvalue weighted by atomic mass is 9.87. The van der Waals surface area contributed by atoms with Crippen LogP contribution in [0.25, 0.3) is 0 Å². The Kier molecular flexibility index (Phi) is 2.99. The van der Waals surface area contributed by atoms with E-state index in [1.165, 1.54) is 19.3 Å². The monoisotopic (exact) mass is 262 g/mol. The molecular weight excluding hydrogens is 240 g/mol. The Morgan fingerprint density at radius 3 is 2.68 bits per heavy atom. The Hall–Kier alpha value is -1.52. The van der Waals surface area contributed by atoms with Gasteiger partial charge in [-0.3, -0.25) is 9.48 Å². The van der Waals surface area contributed by atoms with E-state index in [-0.39, 0.29) is 11.6 Å². The number of nitrogens with zero attached hydrogens (tertiary/aromatic N) is 2. The average molecular weight is 262 g/mol. The Labute approximate surface area is 113 Å². The van der Waals surface area contributed by atoms with Crippen molar-refractivity contribution < 1.29 is 4.79 Å². The van der Waals surface area contributed by atoms with Crippen LogP contribution in [0, 0.1) is 0 Å². The van der Waals surface area contributed by atoms with Crippen LogP contribution >= 0.6 is 0 Å². The molecule has 2 aliphatic rings. The maximum Gasteiger partial charge on any atom is 0.273 e. The van der Waals surface area contributed by atoms with Crippen molar-refractivity contribution in [3.05, 3.63) is 11.4 Å². The summed E-state index contributed by atoms with van der Waals surface area (Å²) in [5, 5.41) is 11.3. The largest absolute Gasteiger partial charge is 0.359 e. The minimum atomic E-state index is -0.228. The molecule has 0 aromatic carbocycles. The summed E-state index contributed by atoms with van der Waals surface area (Å²) in [6.07, 6.45) is 7.59. The van der Waals surface area contributed by atoms with Crippen molar-refractivity contribution in [3.8, 4) is 0 Å². The lowest BCUT2D eigenvalue weighted by Gasteiger charge is -2.42. The third-order valence-corrected chi connectivity index (χ3v) is 4.25. The van der Waals surface area contributed by atoms with Gasteiger partial charge in [-0.25, -0.2) is 0 Å². The minimum absolute atomic E-state index is 0.0213. The van der Waals surface area contributed by atoms with E-state index in [0.717, 1.165) is 37.1 Å². The van der Waals surface area contributed by atoms with Crippen molar-refractivity contribution in [2.75, 3.05) is 5.32 Å². The molecule has 5 nitrogen and oxygen atoms in total. The van der Waals surface area contributed by atoms with Gasteiger partial charge < -0.3 is 10.6 Å². The van der Waals surface area contributed by atoms with Gasteiger partial charge in [0.05, 0.1) is 11.4 Å². The molecule has 1 aromatic heterocycles. The van der Waals surface area contributed by atoms with Gasteiger partial charge in [-0.1, -0.05) is 19.8 Å². The van der Waals surface area contributed by atoms with Crippen molar-refractivity contribution in [3.63, 3.8) is 0 Å². The van der Waals surface area contributed by atoms with Gasteiger partial charge in [0.1, 0.15) is 11.4 Å². The molecule has 5 heteroatoms. The first-order valence-electron chi connectivity index (χ1n) is 7.32. The van der Waals surface area contributed by atoms with Gasteiger partial charge in [-0.05, 0) is 32.1 Å². The van der Waals surface area contributed by atoms with Crippen LogP contribution in [-0.4, -0.2) is 21.4 Å². The van der Waals surface area contributed by atoms with Gasteiger partial charge in [-0.15, -0.1) is 0 Å². The molecule has 104 valence electrons. The highest BCUT2D eigenvalue weighted by atomic mass is 16.2. The molecule has 1 aromatic rings. The molecule has 19 heavy (non-hydrogen) atoms. The zero-order valence-corrected chi connectivity index (χ0v) is 11.8. The zero-order chi connectivity index (χ0) is 13.5. The second-order valence-electron chi connectivity index (χ2n) is 5.77. The van der Waals surface area contributed by atoms with Crippen LogP contribution in [0.15, 0.2) is 0 Å². The van der Waals surface area contributed by atoms with Gasteiger partial charge in [0.25, 0.3) is 5.91 Å². The zero-order valence-electron chi connectivity index (χ0n) is 11.8. The molecular formula is C14H22N4O. The van der Waals surface area contributed by atoms with Gasteiger partial charge in [0.2, 0.25) is 0 Å². The number of hydrogen-bond acceptors (Lipinski definition) is 3. The molecule has 2 N–H and O–H groups in total. The number of anilines is 1. The van der Waals surface area contributed by atoms with E-state index in [1.54, 1.807) is 4.68 Å². The first-order chi connectivity index (χ1) is 9.15. The van der Waals surface area contributed by atoms with E-state index in [0.29, 0.717) is 5.69 Å². The Morgan fingerprint density at radius 1 is 1.26 bits per heavy atom. The fourth-order valence-electron chi connectivity index (χ4n) is 3.34. The van der Waals surface area contributed by atoms with E-state index < -0.39 is 0 Å². The summed E-state index contributed by atoms with van der Waals surface area (Å²) < 4.78 is 1.71. The predicted octanol–water partition coefficient (Wildman–Crippen LogP) is 2.19. The van der Waals surface area contributed by atoms with Gasteiger partial charge in [0.15, 0.2) is 0 Å². The Bertz CT molecular complexity index is 500. The van der Waals surface area contributed by atoms with E-state index in [1.807, 2.05) is 7.05 Å². The SMILES string of the molecule is CCCc1nn(C)c2c1NC1(CCCCC1)NC2=O. The van der Waals surface area contributed by atoms with Crippen LogP contribution in [-0.2, 0) is 13.5 Å². The van der Waals surface area contributed by atoms with E-state index in [4.69, 9.17) is 0 Å². The predicted molar refractivity (Wildman–Crippen MR) is 74.1 cm³/mol. The summed E-state index contributed by atoms with van der Waals surface area (Å²) in [6.45, 7) is 2.14. The van der Waals surface area contributed by atoms with Crippen LogP contribution in [0.2, 0.25) is 0 Å². The van der Waals surface area contributed by atoms with Crippen LogP contribution in [0.5, 0.6) is 0 Å². The number of rotatable bonds is 2. The summed E-state index contributed by atoms with van der Waals surface area (Å²) in [5.74, 6) is 0.0213. The van der Waals surface area contributed by atoms with Crippen LogP contribution in [0.3, 0.4) is 0 Å². The van der Waals surface area contributed by atoms with Crippen LogP contribution in [0.4, 0.5) is 5.69 Å². The van der Waals surface area contributed by atoms with Gasteiger partial charge in [0, 0.05) is 7.05 Å². The quantitative estimate of drug-likeness (QED) is 0.859. The first-order valence-corrected chi connectivity index (χ1v) is 7.32. The fourth-order valence-corrected chi connectivity index (χ4v) is 3.34. The molecule has 1 amide bonds. The highest BCUT2D eigenvalue weighted by molar-refractivity contribution is 6.01. The molecule has 0 atom stereocenters. The lowest BCUT2D eigenvalue weighted by molar-refractivity contribution is 0.0866. The summed E-state index contributed by atoms with van der Waals surface area (Å²) in [7, 11) is 1.85. The third kappa shape index (κ3) is 2.01. The van der Waals surface area contributed by atoms with E-state index in [2.05, 4.69) is 22.7 Å². The third-order valence-electron chi connectivity index (χ3n) is 4.25. The van der Waals surface area contributed by atoms with Crippen LogP contribution in [0.1, 0.15) is 61.6 Å². The standard InChI is InChI=1S/C14H22N4O/c1-3-7-10-11-12(18(2)17-10)13(19)16-14(15-11)8-5-4-6-9-14/h15H,3-9H2,1-2H3,(H,16,19). The number of aryl methyl sites for hydroxylation is 2. The molecule has 0 radical (unpaired) electrons. The molecule has 1 aliphatic carbocycles. The molecule has 1 fully saturated rings. The van der Waals surface area contributed by atoms with Crippen molar-refractivity contribution in [1.29, 1.82) is 0 Å². The highest BCUT2D eigenvalue weighted by Gasteiger charge is 2.41. The summed E-state index contributed by atoms with van der Waals surface area (Å²) in [6, 6.07) is 0. The van der Waals surface area contributed by atoms with Crippen molar-refractivity contribution in [2.24, 2.45) is 7.05 Å². The average Bonchev–Trinajstić information content (AvgIpc) is 2.67. The molecule has 1 spiro atoms. The summed E-state index contributed by atoms with van der Waals surface area (Å²) >= 11 is 0. The summed E-state index contributed by atoms with van der Waals surface area (Å²) in [5.41, 5.74) is 2.45. The maximum atomic E-state index is 12.4. The summed E-state index contributed by atoms with van der Waals surface area (Å²) in [4.78, 5) is 12.4. The van der Waals surface area contributed by atoms with Crippen molar-refractivity contribution in [2.45, 2.75) is 57.5 Å². The fraction of sp³-hybridized carbons (Fsp3) is 0.714. The van der Waals surface area contributed by atoms with Crippen LogP contribution < -0.4 is 10.6 Å². The topological polar surface area (TPSA) is 59.0 Å². The number of aromatic nitrogens is 2. The normalized spacial score (nSPS) is 20.8.